The normalized spacial score (nSPS) is 11.1. The third-order valence-electron chi connectivity index (χ3n) is 5.37. The van der Waals surface area contributed by atoms with Crippen molar-refractivity contribution < 1.29 is 9.59 Å². The van der Waals surface area contributed by atoms with Crippen molar-refractivity contribution >= 4 is 50.9 Å². The number of halogens is 1. The average molecular weight is 435 g/mol. The Kier molecular flexibility index (Phi) is 5.91. The maximum absolute atomic E-state index is 12.7. The molecule has 158 valence electrons. The van der Waals surface area contributed by atoms with E-state index in [4.69, 9.17) is 11.6 Å². The summed E-state index contributed by atoms with van der Waals surface area (Å²) in [6.07, 6.45) is 1.90. The highest BCUT2D eigenvalue weighted by atomic mass is 35.5. The lowest BCUT2D eigenvalue weighted by atomic mass is 10.1. The van der Waals surface area contributed by atoms with Crippen molar-refractivity contribution in [2.24, 2.45) is 0 Å². The Bertz CT molecular complexity index is 1280. The molecule has 4 rings (SSSR count). The van der Waals surface area contributed by atoms with Crippen LogP contribution in [0.2, 0.25) is 5.15 Å². The highest BCUT2D eigenvalue weighted by Crippen LogP contribution is 2.22. The Hall–Kier alpha value is -3.38. The number of hydrogen-bond donors (Lipinski definition) is 1. The Labute approximate surface area is 185 Å². The van der Waals surface area contributed by atoms with E-state index >= 15 is 0 Å². The second kappa shape index (κ2) is 8.78. The van der Waals surface area contributed by atoms with E-state index in [0.717, 1.165) is 21.8 Å². The second-order valence-electron chi connectivity index (χ2n) is 7.28. The van der Waals surface area contributed by atoms with Crippen LogP contribution < -0.4 is 5.32 Å². The minimum Gasteiger partial charge on any atom is -0.342 e. The van der Waals surface area contributed by atoms with Crippen LogP contribution in [-0.4, -0.2) is 39.4 Å². The lowest BCUT2D eigenvalue weighted by molar-refractivity contribution is -0.131. The standard InChI is InChI=1S/C24H23ClN4O2/c1-3-28(4-2)23(30)15-29-12-11-17-14-19(7-9-21(17)29)26-24(31)18-5-8-20-16(13-18)6-10-22(25)27-20/h5-14H,3-4,15H2,1-2H3,(H,26,31). The fourth-order valence-electron chi connectivity index (χ4n) is 3.68. The smallest absolute Gasteiger partial charge is 0.255 e. The number of rotatable bonds is 6. The molecule has 0 saturated carbocycles. The molecule has 2 aromatic carbocycles. The molecule has 0 saturated heterocycles. The van der Waals surface area contributed by atoms with Gasteiger partial charge in [-0.3, -0.25) is 9.59 Å². The van der Waals surface area contributed by atoms with Gasteiger partial charge in [-0.05, 0) is 68.4 Å². The van der Waals surface area contributed by atoms with Gasteiger partial charge in [-0.1, -0.05) is 11.6 Å². The first-order valence-electron chi connectivity index (χ1n) is 10.2. The first-order chi connectivity index (χ1) is 15.0. The largest absolute Gasteiger partial charge is 0.342 e. The number of carbonyl (C=O) groups is 2. The highest BCUT2D eigenvalue weighted by molar-refractivity contribution is 6.29. The summed E-state index contributed by atoms with van der Waals surface area (Å²) in [6.45, 7) is 5.65. The summed E-state index contributed by atoms with van der Waals surface area (Å²) in [5, 5.41) is 5.17. The van der Waals surface area contributed by atoms with Crippen LogP contribution in [0.5, 0.6) is 0 Å². The Morgan fingerprint density at radius 2 is 1.81 bits per heavy atom. The van der Waals surface area contributed by atoms with Crippen LogP contribution in [0.25, 0.3) is 21.8 Å². The second-order valence-corrected chi connectivity index (χ2v) is 7.67. The topological polar surface area (TPSA) is 67.2 Å². The van der Waals surface area contributed by atoms with Crippen LogP contribution in [0, 0.1) is 0 Å². The monoisotopic (exact) mass is 434 g/mol. The van der Waals surface area contributed by atoms with Crippen molar-refractivity contribution in [1.82, 2.24) is 14.5 Å². The number of carbonyl (C=O) groups excluding carboxylic acids is 2. The predicted octanol–water partition coefficient (Wildman–Crippen LogP) is 4.96. The van der Waals surface area contributed by atoms with E-state index in [0.29, 0.717) is 36.0 Å². The third-order valence-corrected chi connectivity index (χ3v) is 5.58. The number of nitrogens with zero attached hydrogens (tertiary/aromatic N) is 3. The number of pyridine rings is 1. The van der Waals surface area contributed by atoms with Crippen LogP contribution in [-0.2, 0) is 11.3 Å². The maximum Gasteiger partial charge on any atom is 0.255 e. The average Bonchev–Trinajstić information content (AvgIpc) is 3.16. The fraction of sp³-hybridized carbons (Fsp3) is 0.208. The molecule has 0 atom stereocenters. The van der Waals surface area contributed by atoms with Crippen molar-refractivity contribution in [2.45, 2.75) is 20.4 Å². The molecular weight excluding hydrogens is 412 g/mol. The number of likely N-dealkylation sites (N-methyl/N-ethyl adjacent to an activating group) is 1. The zero-order valence-electron chi connectivity index (χ0n) is 17.4. The molecule has 0 spiro atoms. The zero-order chi connectivity index (χ0) is 22.0. The Balaban J connectivity index is 1.52. The van der Waals surface area contributed by atoms with E-state index in [-0.39, 0.29) is 11.8 Å². The quantitative estimate of drug-likeness (QED) is 0.436. The maximum atomic E-state index is 12.7. The first-order valence-corrected chi connectivity index (χ1v) is 10.6. The molecule has 2 amide bonds. The summed E-state index contributed by atoms with van der Waals surface area (Å²) in [5.74, 6) is -0.112. The number of benzene rings is 2. The molecule has 0 fully saturated rings. The minimum absolute atomic E-state index is 0.0898. The van der Waals surface area contributed by atoms with Crippen molar-refractivity contribution in [2.75, 3.05) is 18.4 Å². The van der Waals surface area contributed by atoms with Crippen LogP contribution in [0.4, 0.5) is 5.69 Å². The Morgan fingerprint density at radius 3 is 2.58 bits per heavy atom. The van der Waals surface area contributed by atoms with Gasteiger partial charge in [0.2, 0.25) is 5.91 Å². The third kappa shape index (κ3) is 4.39. The van der Waals surface area contributed by atoms with Gasteiger partial charge in [0.15, 0.2) is 0 Å². The van der Waals surface area contributed by atoms with E-state index < -0.39 is 0 Å². The number of anilines is 1. The number of nitrogens with one attached hydrogen (secondary N) is 1. The molecule has 0 bridgehead atoms. The SMILES string of the molecule is CCN(CC)C(=O)Cn1ccc2cc(NC(=O)c3ccc4nc(Cl)ccc4c3)ccc21. The molecule has 2 heterocycles. The molecule has 1 N–H and O–H groups in total. The predicted molar refractivity (Wildman–Crippen MR) is 125 cm³/mol. The van der Waals surface area contributed by atoms with Gasteiger partial charge < -0.3 is 14.8 Å². The van der Waals surface area contributed by atoms with Crippen molar-refractivity contribution in [3.8, 4) is 0 Å². The first kappa shape index (κ1) is 20.9. The summed E-state index contributed by atoms with van der Waals surface area (Å²) in [4.78, 5) is 31.2. The Morgan fingerprint density at radius 1 is 1.00 bits per heavy atom. The molecule has 6 nitrogen and oxygen atoms in total. The summed E-state index contributed by atoms with van der Waals surface area (Å²) in [6, 6.07) is 16.5. The van der Waals surface area contributed by atoms with E-state index in [1.807, 2.05) is 59.8 Å². The number of amides is 2. The van der Waals surface area contributed by atoms with Crippen molar-refractivity contribution in [3.05, 3.63) is 71.5 Å². The summed E-state index contributed by atoms with van der Waals surface area (Å²) >= 11 is 5.92. The molecule has 31 heavy (non-hydrogen) atoms. The molecule has 4 aromatic rings. The van der Waals surface area contributed by atoms with Crippen LogP contribution in [0.15, 0.2) is 60.8 Å². The molecule has 7 heteroatoms. The van der Waals surface area contributed by atoms with Crippen molar-refractivity contribution in [3.63, 3.8) is 0 Å². The summed E-state index contributed by atoms with van der Waals surface area (Å²) in [5.41, 5.74) is 2.93. The molecular formula is C24H23ClN4O2. The minimum atomic E-state index is -0.202. The molecule has 0 aliphatic rings. The van der Waals surface area contributed by atoms with Gasteiger partial charge in [-0.2, -0.15) is 0 Å². The van der Waals surface area contributed by atoms with E-state index in [2.05, 4.69) is 10.3 Å². The summed E-state index contributed by atoms with van der Waals surface area (Å²) < 4.78 is 1.93. The van der Waals surface area contributed by atoms with Crippen LogP contribution >= 0.6 is 11.6 Å². The molecule has 0 unspecified atom stereocenters. The number of fused-ring (bicyclic) bond motifs is 2. The van der Waals surface area contributed by atoms with E-state index in [1.165, 1.54) is 0 Å². The molecule has 0 aliphatic heterocycles. The number of hydrogen-bond acceptors (Lipinski definition) is 3. The van der Waals surface area contributed by atoms with Crippen LogP contribution in [0.1, 0.15) is 24.2 Å². The summed E-state index contributed by atoms with van der Waals surface area (Å²) in [7, 11) is 0. The van der Waals surface area contributed by atoms with Gasteiger partial charge in [-0.15, -0.1) is 0 Å². The van der Waals surface area contributed by atoms with Gasteiger partial charge in [0.05, 0.1) is 5.52 Å². The number of aromatic nitrogens is 2. The van der Waals surface area contributed by atoms with Gasteiger partial charge in [0.1, 0.15) is 11.7 Å². The van der Waals surface area contributed by atoms with Gasteiger partial charge >= 0.3 is 0 Å². The lowest BCUT2D eigenvalue weighted by Gasteiger charge is -2.19. The van der Waals surface area contributed by atoms with Gasteiger partial charge in [0.25, 0.3) is 5.91 Å². The van der Waals surface area contributed by atoms with Gasteiger partial charge in [-0.25, -0.2) is 4.98 Å². The highest BCUT2D eigenvalue weighted by Gasteiger charge is 2.13. The molecule has 0 aliphatic carbocycles. The van der Waals surface area contributed by atoms with E-state index in [9.17, 15) is 9.59 Å². The lowest BCUT2D eigenvalue weighted by Crippen LogP contribution is -2.33. The van der Waals surface area contributed by atoms with E-state index in [1.54, 1.807) is 24.3 Å². The van der Waals surface area contributed by atoms with Gasteiger partial charge in [0, 0.05) is 46.8 Å². The fourth-order valence-corrected chi connectivity index (χ4v) is 3.84. The van der Waals surface area contributed by atoms with Crippen LogP contribution in [0.3, 0.4) is 0 Å². The van der Waals surface area contributed by atoms with Crippen molar-refractivity contribution in [1.29, 1.82) is 0 Å². The molecule has 2 aromatic heterocycles. The zero-order valence-corrected chi connectivity index (χ0v) is 18.2. The molecule has 0 radical (unpaired) electrons.